The van der Waals surface area contributed by atoms with Gasteiger partial charge in [-0.3, -0.25) is 10.1 Å². The second kappa shape index (κ2) is 5.94. The van der Waals surface area contributed by atoms with Crippen molar-refractivity contribution in [3.63, 3.8) is 0 Å². The van der Waals surface area contributed by atoms with Crippen LogP contribution in [-0.4, -0.2) is 25.8 Å². The fraction of sp³-hybridized carbons (Fsp3) is 0. The SMILES string of the molecule is C#CC(=O)Nc1cc2ncnc(Nc3ccc4[nH]ccc4c3)c2cn1. The van der Waals surface area contributed by atoms with E-state index in [4.69, 9.17) is 6.42 Å². The monoisotopic (exact) mass is 328 g/mol. The molecule has 3 heterocycles. The third-order valence-corrected chi connectivity index (χ3v) is 3.71. The quantitative estimate of drug-likeness (QED) is 0.503. The molecule has 0 saturated carbocycles. The van der Waals surface area contributed by atoms with E-state index in [9.17, 15) is 4.79 Å². The molecule has 0 aliphatic carbocycles. The predicted octanol–water partition coefficient (Wildman–Crippen LogP) is 2.82. The van der Waals surface area contributed by atoms with Crippen molar-refractivity contribution in [1.82, 2.24) is 19.9 Å². The number of aromatic nitrogens is 4. The van der Waals surface area contributed by atoms with Gasteiger partial charge in [0, 0.05) is 35.1 Å². The fourth-order valence-electron chi connectivity index (χ4n) is 2.54. The molecule has 1 amide bonds. The summed E-state index contributed by atoms with van der Waals surface area (Å²) >= 11 is 0. The second-order valence-electron chi connectivity index (χ2n) is 5.31. The molecule has 1 aromatic carbocycles. The van der Waals surface area contributed by atoms with Crippen molar-refractivity contribution in [2.45, 2.75) is 0 Å². The van der Waals surface area contributed by atoms with E-state index in [-0.39, 0.29) is 0 Å². The van der Waals surface area contributed by atoms with Gasteiger partial charge in [-0.15, -0.1) is 6.42 Å². The molecule has 7 heteroatoms. The summed E-state index contributed by atoms with van der Waals surface area (Å²) in [5.74, 6) is 2.39. The molecule has 0 unspecified atom stereocenters. The molecular formula is C18H12N6O. The van der Waals surface area contributed by atoms with Gasteiger partial charge in [0.1, 0.15) is 18.0 Å². The third-order valence-electron chi connectivity index (χ3n) is 3.71. The van der Waals surface area contributed by atoms with Crippen LogP contribution in [0.2, 0.25) is 0 Å². The number of aromatic amines is 1. The van der Waals surface area contributed by atoms with Crippen molar-refractivity contribution in [2.75, 3.05) is 10.6 Å². The lowest BCUT2D eigenvalue weighted by Gasteiger charge is -2.09. The van der Waals surface area contributed by atoms with Gasteiger partial charge in [0.25, 0.3) is 0 Å². The van der Waals surface area contributed by atoms with Gasteiger partial charge in [0.2, 0.25) is 0 Å². The van der Waals surface area contributed by atoms with E-state index >= 15 is 0 Å². The molecular weight excluding hydrogens is 316 g/mol. The summed E-state index contributed by atoms with van der Waals surface area (Å²) in [7, 11) is 0. The van der Waals surface area contributed by atoms with Gasteiger partial charge >= 0.3 is 5.91 Å². The molecule has 3 aromatic heterocycles. The fourth-order valence-corrected chi connectivity index (χ4v) is 2.54. The Hall–Kier alpha value is -3.92. The highest BCUT2D eigenvalue weighted by atomic mass is 16.1. The molecule has 0 atom stereocenters. The first-order valence-electron chi connectivity index (χ1n) is 7.45. The van der Waals surface area contributed by atoms with Crippen molar-refractivity contribution in [2.24, 2.45) is 0 Å². The Bertz CT molecular complexity index is 1140. The number of nitrogens with one attached hydrogen (secondary N) is 3. The molecule has 0 saturated heterocycles. The Kier molecular flexibility index (Phi) is 3.48. The summed E-state index contributed by atoms with van der Waals surface area (Å²) in [6.45, 7) is 0. The zero-order chi connectivity index (χ0) is 17.2. The van der Waals surface area contributed by atoms with Crippen LogP contribution in [0.3, 0.4) is 0 Å². The summed E-state index contributed by atoms with van der Waals surface area (Å²) in [5, 5.41) is 7.60. The summed E-state index contributed by atoms with van der Waals surface area (Å²) in [5.41, 5.74) is 2.60. The number of nitrogens with zero attached hydrogens (tertiary/aromatic N) is 3. The summed E-state index contributed by atoms with van der Waals surface area (Å²) in [4.78, 5) is 27.1. The van der Waals surface area contributed by atoms with Gasteiger partial charge in [0.05, 0.1) is 10.9 Å². The van der Waals surface area contributed by atoms with Crippen LogP contribution >= 0.6 is 0 Å². The standard InChI is InChI=1S/C18H12N6O/c1-2-17(25)24-16-8-15-13(9-20-16)18(22-10-21-15)23-12-3-4-14-11(7-12)5-6-19-14/h1,3-10,19H,(H,20,24,25)(H,21,22,23). The first-order valence-corrected chi connectivity index (χ1v) is 7.45. The average molecular weight is 328 g/mol. The van der Waals surface area contributed by atoms with Crippen LogP contribution in [0.15, 0.2) is 49.1 Å². The summed E-state index contributed by atoms with van der Waals surface area (Å²) in [6.07, 6.45) is 9.99. The van der Waals surface area contributed by atoms with Crippen molar-refractivity contribution in [3.8, 4) is 12.3 Å². The molecule has 0 bridgehead atoms. The predicted molar refractivity (Wildman–Crippen MR) is 96.4 cm³/mol. The van der Waals surface area contributed by atoms with Crippen LogP contribution in [0.4, 0.5) is 17.3 Å². The Balaban J connectivity index is 1.69. The number of pyridine rings is 1. The Morgan fingerprint density at radius 2 is 2.08 bits per heavy atom. The van der Waals surface area contributed by atoms with Crippen molar-refractivity contribution < 1.29 is 4.79 Å². The normalized spacial score (nSPS) is 10.5. The summed E-state index contributed by atoms with van der Waals surface area (Å²) in [6, 6.07) is 9.62. The molecule has 4 aromatic rings. The number of H-pyrrole nitrogens is 1. The van der Waals surface area contributed by atoms with Crippen LogP contribution in [0, 0.1) is 12.3 Å². The maximum atomic E-state index is 11.3. The number of terminal acetylenes is 1. The minimum absolute atomic E-state index is 0.342. The molecule has 0 spiro atoms. The third kappa shape index (κ3) is 2.84. The lowest BCUT2D eigenvalue weighted by atomic mass is 10.2. The number of carbonyl (C=O) groups is 1. The Labute approximate surface area is 142 Å². The van der Waals surface area contributed by atoms with Crippen molar-refractivity contribution >= 4 is 45.0 Å². The van der Waals surface area contributed by atoms with E-state index in [0.717, 1.165) is 22.0 Å². The van der Waals surface area contributed by atoms with Crippen molar-refractivity contribution in [3.05, 3.63) is 49.1 Å². The zero-order valence-electron chi connectivity index (χ0n) is 12.9. The maximum Gasteiger partial charge on any atom is 0.301 e. The molecule has 0 fully saturated rings. The van der Waals surface area contributed by atoms with E-state index in [2.05, 4.69) is 30.6 Å². The van der Waals surface area contributed by atoms with E-state index < -0.39 is 5.91 Å². The minimum Gasteiger partial charge on any atom is -0.361 e. The highest BCUT2D eigenvalue weighted by Gasteiger charge is 2.08. The Morgan fingerprint density at radius 1 is 1.16 bits per heavy atom. The topological polar surface area (TPSA) is 95.6 Å². The number of amides is 1. The van der Waals surface area contributed by atoms with E-state index in [1.807, 2.05) is 36.4 Å². The van der Waals surface area contributed by atoms with Gasteiger partial charge in [0.15, 0.2) is 0 Å². The van der Waals surface area contributed by atoms with Crippen LogP contribution in [-0.2, 0) is 4.79 Å². The number of rotatable bonds is 3. The smallest absolute Gasteiger partial charge is 0.301 e. The second-order valence-corrected chi connectivity index (χ2v) is 5.31. The lowest BCUT2D eigenvalue weighted by molar-refractivity contribution is -0.111. The van der Waals surface area contributed by atoms with Gasteiger partial charge in [-0.05, 0) is 30.2 Å². The highest BCUT2D eigenvalue weighted by molar-refractivity contribution is 6.04. The number of anilines is 3. The van der Waals surface area contributed by atoms with E-state index in [1.54, 1.807) is 12.3 Å². The van der Waals surface area contributed by atoms with Gasteiger partial charge in [-0.25, -0.2) is 15.0 Å². The number of carbonyl (C=O) groups excluding carboxylic acids is 1. The van der Waals surface area contributed by atoms with Gasteiger partial charge in [-0.2, -0.15) is 0 Å². The molecule has 0 radical (unpaired) electrons. The van der Waals surface area contributed by atoms with Crippen LogP contribution in [0.5, 0.6) is 0 Å². The highest BCUT2D eigenvalue weighted by Crippen LogP contribution is 2.25. The molecule has 0 aliphatic heterocycles. The number of fused-ring (bicyclic) bond motifs is 2. The molecule has 4 rings (SSSR count). The van der Waals surface area contributed by atoms with E-state index in [0.29, 0.717) is 17.2 Å². The molecule has 3 N–H and O–H groups in total. The summed E-state index contributed by atoms with van der Waals surface area (Å²) < 4.78 is 0. The number of benzene rings is 1. The van der Waals surface area contributed by atoms with E-state index in [1.165, 1.54) is 6.33 Å². The first-order chi connectivity index (χ1) is 12.2. The van der Waals surface area contributed by atoms with Gasteiger partial charge < -0.3 is 10.3 Å². The zero-order valence-corrected chi connectivity index (χ0v) is 12.9. The average Bonchev–Trinajstić information content (AvgIpc) is 3.09. The Morgan fingerprint density at radius 3 is 2.96 bits per heavy atom. The van der Waals surface area contributed by atoms with Crippen molar-refractivity contribution in [1.29, 1.82) is 0 Å². The number of hydrogen-bond donors (Lipinski definition) is 3. The molecule has 0 aliphatic rings. The van der Waals surface area contributed by atoms with Crippen LogP contribution < -0.4 is 10.6 Å². The van der Waals surface area contributed by atoms with Gasteiger partial charge in [-0.1, -0.05) is 0 Å². The van der Waals surface area contributed by atoms with Crippen LogP contribution in [0.1, 0.15) is 0 Å². The molecule has 7 nitrogen and oxygen atoms in total. The maximum absolute atomic E-state index is 11.3. The van der Waals surface area contributed by atoms with Crippen LogP contribution in [0.25, 0.3) is 21.8 Å². The minimum atomic E-state index is -0.556. The molecule has 120 valence electrons. The molecule has 25 heavy (non-hydrogen) atoms. The number of hydrogen-bond acceptors (Lipinski definition) is 5. The largest absolute Gasteiger partial charge is 0.361 e. The first kappa shape index (κ1) is 14.7. The lowest BCUT2D eigenvalue weighted by Crippen LogP contribution is -2.09.